The Labute approximate surface area is 172 Å². The van der Waals surface area contributed by atoms with Crippen LogP contribution >= 0.6 is 39.0 Å². The number of aromatic nitrogens is 1. The number of ketones is 1. The van der Waals surface area contributed by atoms with Gasteiger partial charge in [0, 0.05) is 20.5 Å². The van der Waals surface area contributed by atoms with Crippen LogP contribution in [-0.2, 0) is 0 Å². The maximum Gasteiger partial charge on any atom is 0.289 e. The topological polar surface area (TPSA) is 105 Å². The first kappa shape index (κ1) is 19.1. The molecule has 0 aliphatic heterocycles. The Kier molecular flexibility index (Phi) is 5.92. The fourth-order valence-corrected chi connectivity index (χ4v) is 4.44. The van der Waals surface area contributed by atoms with Crippen molar-refractivity contribution in [2.75, 3.05) is 11.5 Å². The van der Waals surface area contributed by atoms with Crippen LogP contribution in [0.5, 0.6) is 0 Å². The Morgan fingerprint density at radius 3 is 2.48 bits per heavy atom. The highest BCUT2D eigenvalue weighted by molar-refractivity contribution is 9.10. The number of nitrogens with zero attached hydrogens (tertiary/aromatic N) is 2. The van der Waals surface area contributed by atoms with Crippen molar-refractivity contribution in [3.05, 3.63) is 62.9 Å². The zero-order chi connectivity index (χ0) is 19.4. The van der Waals surface area contributed by atoms with E-state index >= 15 is 0 Å². The minimum atomic E-state index is -0.0644. The number of nitrogens with one attached hydrogen (secondary N) is 1. The summed E-state index contributed by atoms with van der Waals surface area (Å²) >= 11 is 5.96. The number of anilines is 1. The minimum absolute atomic E-state index is 0.0644. The number of Topliss-reactive ketones (excluding diaryl/α,β-unsaturated/α-hetero) is 1. The van der Waals surface area contributed by atoms with Gasteiger partial charge in [-0.1, -0.05) is 45.9 Å². The van der Waals surface area contributed by atoms with Gasteiger partial charge in [0.1, 0.15) is 17.7 Å². The van der Waals surface area contributed by atoms with Crippen molar-refractivity contribution in [3.63, 3.8) is 0 Å². The predicted molar refractivity (Wildman–Crippen MR) is 109 cm³/mol. The Hall–Kier alpha value is -2.65. The summed E-state index contributed by atoms with van der Waals surface area (Å²) < 4.78 is 0.896. The molecule has 0 saturated carbocycles. The molecule has 0 aliphatic rings. The number of pyridine rings is 1. The van der Waals surface area contributed by atoms with E-state index in [1.54, 1.807) is 24.3 Å². The number of carbonyl (C=O) groups excluding carboxylic acids is 1. The van der Waals surface area contributed by atoms with Gasteiger partial charge in [-0.2, -0.15) is 10.5 Å². The van der Waals surface area contributed by atoms with E-state index in [4.69, 9.17) is 5.73 Å². The number of nitrogens with two attached hydrogens (primary N) is 1. The van der Waals surface area contributed by atoms with Gasteiger partial charge in [0.2, 0.25) is 0 Å². The minimum Gasteiger partial charge on any atom is -0.293 e. The molecule has 1 aromatic carbocycles. The van der Waals surface area contributed by atoms with Crippen LogP contribution < -0.4 is 10.7 Å². The monoisotopic (exact) mass is 455 g/mol. The van der Waals surface area contributed by atoms with E-state index in [9.17, 15) is 15.3 Å². The first-order valence-corrected chi connectivity index (χ1v) is 10.4. The second-order valence-corrected chi connectivity index (χ2v) is 8.26. The number of hydrogen-bond donors (Lipinski definition) is 1. The number of H-pyrrole nitrogens is 1. The molecule has 3 rings (SSSR count). The predicted octanol–water partition coefficient (Wildman–Crippen LogP) is 4.29. The summed E-state index contributed by atoms with van der Waals surface area (Å²) in [5, 5.41) is 21.5. The summed E-state index contributed by atoms with van der Waals surface area (Å²) in [7, 11) is 0. The quantitative estimate of drug-likeness (QED) is 0.456. The normalized spacial score (nSPS) is 10.2. The molecular weight excluding hydrogens is 444 g/mol. The molecule has 0 aliphatic carbocycles. The van der Waals surface area contributed by atoms with Gasteiger partial charge < -0.3 is 0 Å². The number of nitrogen functional groups attached to an aromatic ring is 1. The third-order valence-corrected chi connectivity index (χ3v) is 6.17. The number of rotatable bonds is 5. The van der Waals surface area contributed by atoms with Gasteiger partial charge in [-0.3, -0.25) is 10.5 Å². The van der Waals surface area contributed by atoms with Gasteiger partial charge >= 0.3 is 0 Å². The molecule has 0 saturated heterocycles. The van der Waals surface area contributed by atoms with Crippen LogP contribution in [0.1, 0.15) is 21.5 Å². The highest BCUT2D eigenvalue weighted by atomic mass is 79.9. The first-order chi connectivity index (χ1) is 13.0. The van der Waals surface area contributed by atoms with E-state index in [0.29, 0.717) is 21.7 Å². The summed E-state index contributed by atoms with van der Waals surface area (Å²) in [6.07, 6.45) is 0. The van der Waals surface area contributed by atoms with Crippen molar-refractivity contribution in [2.45, 2.75) is 5.03 Å². The molecule has 0 bridgehead atoms. The van der Waals surface area contributed by atoms with Crippen LogP contribution in [-0.4, -0.2) is 11.5 Å². The summed E-state index contributed by atoms with van der Waals surface area (Å²) in [5.74, 6) is 0.256. The molecule has 0 radical (unpaired) electrons. The summed E-state index contributed by atoms with van der Waals surface area (Å²) in [5.41, 5.74) is 7.65. The molecule has 0 unspecified atom stereocenters. The highest BCUT2D eigenvalue weighted by Crippen LogP contribution is 2.36. The molecule has 3 aromatic rings. The molecule has 5 nitrogen and oxygen atoms in total. The Bertz CT molecular complexity index is 1080. The lowest BCUT2D eigenvalue weighted by molar-refractivity contribution is -0.410. The number of thioether (sulfide) groups is 1. The molecule has 132 valence electrons. The van der Waals surface area contributed by atoms with Gasteiger partial charge in [0.25, 0.3) is 5.82 Å². The Morgan fingerprint density at radius 1 is 1.19 bits per heavy atom. The van der Waals surface area contributed by atoms with Gasteiger partial charge in [0.05, 0.1) is 5.75 Å². The molecule has 0 fully saturated rings. The smallest absolute Gasteiger partial charge is 0.289 e. The van der Waals surface area contributed by atoms with Crippen molar-refractivity contribution < 1.29 is 9.78 Å². The Morgan fingerprint density at radius 2 is 1.89 bits per heavy atom. The number of hydrogen-bond acceptors (Lipinski definition) is 6. The highest BCUT2D eigenvalue weighted by Gasteiger charge is 2.24. The van der Waals surface area contributed by atoms with Crippen LogP contribution in [0.3, 0.4) is 0 Å². The number of benzene rings is 1. The maximum atomic E-state index is 12.4. The maximum absolute atomic E-state index is 12.4. The Balaban J connectivity index is 1.97. The standard InChI is InChI=1S/C19H11BrN4OS2/c20-12-5-3-11(4-6-12)15(25)10-27-19-14(9-22)17(16-2-1-7-26-16)13(8-21)18(23)24-19/h1-7H,10H2,(H2,23,24)/p+1. The molecule has 0 spiro atoms. The van der Waals surface area contributed by atoms with E-state index in [1.165, 1.54) is 23.1 Å². The SMILES string of the molecule is N#Cc1c(N)[nH+]c(SCC(=O)c2ccc(Br)cc2)c(C#N)c1-c1cccs1. The van der Waals surface area contributed by atoms with Gasteiger partial charge in [-0.05, 0) is 23.6 Å². The van der Waals surface area contributed by atoms with E-state index in [-0.39, 0.29) is 22.9 Å². The molecule has 3 N–H and O–H groups in total. The van der Waals surface area contributed by atoms with Crippen LogP contribution in [0.15, 0.2) is 51.3 Å². The summed E-state index contributed by atoms with van der Waals surface area (Å²) in [6, 6.07) is 15.0. The largest absolute Gasteiger partial charge is 0.293 e. The average Bonchev–Trinajstić information content (AvgIpc) is 3.20. The molecule has 8 heteroatoms. The fourth-order valence-electron chi connectivity index (χ4n) is 2.48. The van der Waals surface area contributed by atoms with Gasteiger partial charge in [-0.15, -0.1) is 11.3 Å². The third-order valence-electron chi connectivity index (χ3n) is 3.75. The first-order valence-electron chi connectivity index (χ1n) is 7.69. The number of nitriles is 2. The fraction of sp³-hybridized carbons (Fsp3) is 0.0526. The third kappa shape index (κ3) is 4.04. The van der Waals surface area contributed by atoms with Gasteiger partial charge in [0.15, 0.2) is 16.4 Å². The van der Waals surface area contributed by atoms with E-state index in [0.717, 1.165) is 9.35 Å². The second-order valence-electron chi connectivity index (χ2n) is 5.41. The van der Waals surface area contributed by atoms with E-state index in [2.05, 4.69) is 33.1 Å². The van der Waals surface area contributed by atoms with Crippen LogP contribution in [0.25, 0.3) is 10.4 Å². The average molecular weight is 456 g/mol. The molecule has 0 amide bonds. The van der Waals surface area contributed by atoms with Crippen LogP contribution in [0.2, 0.25) is 0 Å². The molecule has 2 heterocycles. The second kappa shape index (κ2) is 8.36. The molecular formula is C19H12BrN4OS2+. The van der Waals surface area contributed by atoms with Crippen molar-refractivity contribution in [1.82, 2.24) is 0 Å². The van der Waals surface area contributed by atoms with E-state index < -0.39 is 0 Å². The number of carbonyl (C=O) groups is 1. The van der Waals surface area contributed by atoms with Crippen molar-refractivity contribution >= 4 is 50.6 Å². The van der Waals surface area contributed by atoms with E-state index in [1.807, 2.05) is 17.5 Å². The van der Waals surface area contributed by atoms with Crippen molar-refractivity contribution in [3.8, 4) is 22.6 Å². The lowest BCUT2D eigenvalue weighted by atomic mass is 10.0. The molecule has 0 atom stereocenters. The van der Waals surface area contributed by atoms with Gasteiger partial charge in [-0.25, -0.2) is 4.98 Å². The zero-order valence-electron chi connectivity index (χ0n) is 13.8. The molecule has 2 aromatic heterocycles. The number of halogens is 1. The number of thiophene rings is 1. The van der Waals surface area contributed by atoms with Crippen LogP contribution in [0.4, 0.5) is 5.82 Å². The van der Waals surface area contributed by atoms with Crippen molar-refractivity contribution in [2.24, 2.45) is 0 Å². The van der Waals surface area contributed by atoms with Crippen molar-refractivity contribution in [1.29, 1.82) is 10.5 Å². The zero-order valence-corrected chi connectivity index (χ0v) is 17.0. The lowest BCUT2D eigenvalue weighted by Crippen LogP contribution is -2.19. The van der Waals surface area contributed by atoms with Crippen LogP contribution in [0, 0.1) is 22.7 Å². The molecule has 27 heavy (non-hydrogen) atoms. The lowest BCUT2D eigenvalue weighted by Gasteiger charge is -2.08. The summed E-state index contributed by atoms with van der Waals surface area (Å²) in [4.78, 5) is 16.1. The number of aromatic amines is 1. The summed E-state index contributed by atoms with van der Waals surface area (Å²) in [6.45, 7) is 0.